The molecule has 3 nitrogen and oxygen atoms in total. The van der Waals surface area contributed by atoms with Crippen LogP contribution < -0.4 is 15.2 Å². The normalized spacial score (nSPS) is 10.4. The number of anilines is 1. The summed E-state index contributed by atoms with van der Waals surface area (Å²) in [5, 5.41) is 0. The maximum atomic E-state index is 6.04. The molecule has 3 aromatic carbocycles. The third-order valence-electron chi connectivity index (χ3n) is 3.70. The summed E-state index contributed by atoms with van der Waals surface area (Å²) in [5.74, 6) is 1.65. The average molecular weight is 319 g/mol. The first kappa shape index (κ1) is 15.9. The smallest absolute Gasteiger partial charge is 0.127 e. The molecule has 24 heavy (non-hydrogen) atoms. The molecule has 0 atom stereocenters. The van der Waals surface area contributed by atoms with Crippen LogP contribution in [0.3, 0.4) is 0 Å². The van der Waals surface area contributed by atoms with Gasteiger partial charge in [0.2, 0.25) is 0 Å². The van der Waals surface area contributed by atoms with Gasteiger partial charge in [-0.2, -0.15) is 0 Å². The van der Waals surface area contributed by atoms with E-state index >= 15 is 0 Å². The van der Waals surface area contributed by atoms with Gasteiger partial charge in [0.05, 0.1) is 6.61 Å². The van der Waals surface area contributed by atoms with Crippen LogP contribution >= 0.6 is 0 Å². The molecule has 0 bridgehead atoms. The monoisotopic (exact) mass is 319 g/mol. The van der Waals surface area contributed by atoms with Gasteiger partial charge in [0.25, 0.3) is 0 Å². The zero-order chi connectivity index (χ0) is 16.8. The highest BCUT2D eigenvalue weighted by molar-refractivity contribution is 5.74. The molecule has 0 spiro atoms. The SMILES string of the molecule is CCOc1cccc(-c2cc(N)ccc2OCc2ccccc2)c1. The van der Waals surface area contributed by atoms with E-state index in [1.165, 1.54) is 0 Å². The van der Waals surface area contributed by atoms with Gasteiger partial charge in [0, 0.05) is 11.3 Å². The Morgan fingerprint density at radius 1 is 0.833 bits per heavy atom. The number of rotatable bonds is 6. The third-order valence-corrected chi connectivity index (χ3v) is 3.70. The van der Waals surface area contributed by atoms with Crippen LogP contribution in [0.2, 0.25) is 0 Å². The maximum absolute atomic E-state index is 6.04. The minimum Gasteiger partial charge on any atom is -0.494 e. The predicted molar refractivity (Wildman–Crippen MR) is 98.2 cm³/mol. The van der Waals surface area contributed by atoms with Gasteiger partial charge in [-0.25, -0.2) is 0 Å². The molecule has 0 aromatic heterocycles. The zero-order valence-corrected chi connectivity index (χ0v) is 13.7. The van der Waals surface area contributed by atoms with Crippen LogP contribution in [0.4, 0.5) is 5.69 Å². The molecule has 3 rings (SSSR count). The summed E-state index contributed by atoms with van der Waals surface area (Å²) in [6.45, 7) is 3.13. The van der Waals surface area contributed by atoms with Crippen LogP contribution in [0, 0.1) is 0 Å². The van der Waals surface area contributed by atoms with Crippen molar-refractivity contribution in [1.29, 1.82) is 0 Å². The van der Waals surface area contributed by atoms with E-state index in [1.54, 1.807) is 0 Å². The molecule has 0 unspecified atom stereocenters. The molecule has 0 radical (unpaired) electrons. The van der Waals surface area contributed by atoms with Crippen LogP contribution in [-0.2, 0) is 6.61 Å². The standard InChI is InChI=1S/C21H21NO2/c1-2-23-19-10-6-9-17(13-19)20-14-18(22)11-12-21(20)24-15-16-7-4-3-5-8-16/h3-14H,2,15,22H2,1H3. The van der Waals surface area contributed by atoms with E-state index in [0.29, 0.717) is 18.9 Å². The number of nitrogen functional groups attached to an aromatic ring is 1. The number of ether oxygens (including phenoxy) is 2. The van der Waals surface area contributed by atoms with Gasteiger partial charge in [-0.15, -0.1) is 0 Å². The van der Waals surface area contributed by atoms with Gasteiger partial charge in [-0.05, 0) is 48.4 Å². The number of hydrogen-bond acceptors (Lipinski definition) is 3. The predicted octanol–water partition coefficient (Wildman–Crippen LogP) is 4.91. The fourth-order valence-electron chi connectivity index (χ4n) is 2.55. The Labute approximate surface area is 142 Å². The second-order valence-electron chi connectivity index (χ2n) is 5.49. The van der Waals surface area contributed by atoms with E-state index in [2.05, 4.69) is 0 Å². The maximum Gasteiger partial charge on any atom is 0.127 e. The van der Waals surface area contributed by atoms with Crippen LogP contribution in [0.15, 0.2) is 72.8 Å². The van der Waals surface area contributed by atoms with Crippen molar-refractivity contribution in [1.82, 2.24) is 0 Å². The van der Waals surface area contributed by atoms with E-state index in [1.807, 2.05) is 79.7 Å². The lowest BCUT2D eigenvalue weighted by molar-refractivity contribution is 0.307. The lowest BCUT2D eigenvalue weighted by Crippen LogP contribution is -1.98. The summed E-state index contributed by atoms with van der Waals surface area (Å²) in [6.07, 6.45) is 0. The summed E-state index contributed by atoms with van der Waals surface area (Å²) in [7, 11) is 0. The van der Waals surface area contributed by atoms with Crippen molar-refractivity contribution in [2.75, 3.05) is 12.3 Å². The number of nitrogens with two attached hydrogens (primary N) is 1. The van der Waals surface area contributed by atoms with E-state index < -0.39 is 0 Å². The topological polar surface area (TPSA) is 44.5 Å². The average Bonchev–Trinajstić information content (AvgIpc) is 2.62. The molecule has 0 saturated heterocycles. The molecule has 0 fully saturated rings. The highest BCUT2D eigenvalue weighted by atomic mass is 16.5. The Bertz CT molecular complexity index is 800. The van der Waals surface area contributed by atoms with Crippen molar-refractivity contribution in [2.45, 2.75) is 13.5 Å². The Morgan fingerprint density at radius 2 is 1.67 bits per heavy atom. The highest BCUT2D eigenvalue weighted by Gasteiger charge is 2.09. The molecule has 0 aliphatic heterocycles. The molecule has 0 heterocycles. The fraction of sp³-hybridized carbons (Fsp3) is 0.143. The second-order valence-corrected chi connectivity index (χ2v) is 5.49. The van der Waals surface area contributed by atoms with Gasteiger partial charge < -0.3 is 15.2 Å². The minimum atomic E-state index is 0.517. The molecular weight excluding hydrogens is 298 g/mol. The van der Waals surface area contributed by atoms with Gasteiger partial charge in [0.1, 0.15) is 18.1 Å². The molecular formula is C21H21NO2. The van der Waals surface area contributed by atoms with Gasteiger partial charge in [-0.1, -0.05) is 42.5 Å². The molecule has 0 aliphatic carbocycles. The lowest BCUT2D eigenvalue weighted by atomic mass is 10.0. The second kappa shape index (κ2) is 7.55. The van der Waals surface area contributed by atoms with Crippen LogP contribution in [0.5, 0.6) is 11.5 Å². The molecule has 3 heteroatoms. The minimum absolute atomic E-state index is 0.517. The zero-order valence-electron chi connectivity index (χ0n) is 13.7. The van der Waals surface area contributed by atoms with E-state index in [0.717, 1.165) is 28.2 Å². The first-order valence-corrected chi connectivity index (χ1v) is 8.06. The summed E-state index contributed by atoms with van der Waals surface area (Å²) in [5.41, 5.74) is 9.81. The van der Waals surface area contributed by atoms with E-state index in [4.69, 9.17) is 15.2 Å². The molecule has 122 valence electrons. The van der Waals surface area contributed by atoms with E-state index in [-0.39, 0.29) is 0 Å². The lowest BCUT2D eigenvalue weighted by Gasteiger charge is -2.14. The van der Waals surface area contributed by atoms with Crippen LogP contribution in [-0.4, -0.2) is 6.61 Å². The van der Waals surface area contributed by atoms with Crippen molar-refractivity contribution < 1.29 is 9.47 Å². The third kappa shape index (κ3) is 3.87. The fourth-order valence-corrected chi connectivity index (χ4v) is 2.55. The largest absolute Gasteiger partial charge is 0.494 e. The van der Waals surface area contributed by atoms with Crippen molar-refractivity contribution in [3.8, 4) is 22.6 Å². The Morgan fingerprint density at radius 3 is 2.46 bits per heavy atom. The molecule has 0 aliphatic rings. The first-order chi connectivity index (χ1) is 11.8. The number of benzene rings is 3. The summed E-state index contributed by atoms with van der Waals surface area (Å²) in [6, 6.07) is 23.8. The van der Waals surface area contributed by atoms with E-state index in [9.17, 15) is 0 Å². The summed E-state index contributed by atoms with van der Waals surface area (Å²) >= 11 is 0. The molecule has 0 amide bonds. The van der Waals surface area contributed by atoms with Crippen LogP contribution in [0.25, 0.3) is 11.1 Å². The summed E-state index contributed by atoms with van der Waals surface area (Å²) < 4.78 is 11.6. The molecule has 3 aromatic rings. The van der Waals surface area contributed by atoms with Crippen molar-refractivity contribution >= 4 is 5.69 Å². The Hall–Kier alpha value is -2.94. The number of hydrogen-bond donors (Lipinski definition) is 1. The van der Waals surface area contributed by atoms with Crippen molar-refractivity contribution in [3.05, 3.63) is 78.4 Å². The summed E-state index contributed by atoms with van der Waals surface area (Å²) in [4.78, 5) is 0. The van der Waals surface area contributed by atoms with Gasteiger partial charge >= 0.3 is 0 Å². The molecule has 0 saturated carbocycles. The Kier molecular flexibility index (Phi) is 5.02. The highest BCUT2D eigenvalue weighted by Crippen LogP contribution is 2.34. The van der Waals surface area contributed by atoms with Gasteiger partial charge in [0.15, 0.2) is 0 Å². The van der Waals surface area contributed by atoms with Crippen LogP contribution in [0.1, 0.15) is 12.5 Å². The molecule has 2 N–H and O–H groups in total. The van der Waals surface area contributed by atoms with Crippen molar-refractivity contribution in [2.24, 2.45) is 0 Å². The Balaban J connectivity index is 1.89. The first-order valence-electron chi connectivity index (χ1n) is 8.06. The quantitative estimate of drug-likeness (QED) is 0.656. The van der Waals surface area contributed by atoms with Gasteiger partial charge in [-0.3, -0.25) is 0 Å². The van der Waals surface area contributed by atoms with Crippen molar-refractivity contribution in [3.63, 3.8) is 0 Å².